The first-order valence-corrected chi connectivity index (χ1v) is 6.01. The summed E-state index contributed by atoms with van der Waals surface area (Å²) in [5, 5.41) is 18.1. The number of anilines is 1. The fraction of sp³-hybridized carbons (Fsp3) is 0.154. The van der Waals surface area contributed by atoms with Crippen LogP contribution in [0.1, 0.15) is 21.5 Å². The first-order valence-electron chi connectivity index (χ1n) is 6.01. The van der Waals surface area contributed by atoms with E-state index in [1.165, 1.54) is 23.0 Å². The molecule has 0 fully saturated rings. The van der Waals surface area contributed by atoms with Gasteiger partial charge < -0.3 is 16.3 Å². The number of nitrogens with zero attached hydrogens (tertiary/aromatic N) is 3. The zero-order chi connectivity index (χ0) is 15.6. The first kappa shape index (κ1) is 14.5. The molecule has 0 saturated carbocycles. The molecule has 0 bridgehead atoms. The topological polar surface area (TPSA) is 106 Å². The van der Waals surface area contributed by atoms with Crippen LogP contribution < -0.4 is 11.1 Å². The Labute approximate surface area is 119 Å². The highest BCUT2D eigenvalue weighted by Gasteiger charge is 2.17. The molecule has 0 radical (unpaired) electrons. The van der Waals surface area contributed by atoms with Crippen molar-refractivity contribution in [3.63, 3.8) is 0 Å². The third kappa shape index (κ3) is 2.83. The second kappa shape index (κ2) is 5.61. The molecule has 0 spiro atoms. The lowest BCUT2D eigenvalue weighted by atomic mass is 10.1. The maximum Gasteiger partial charge on any atom is 0.257 e. The van der Waals surface area contributed by atoms with Crippen LogP contribution in [-0.2, 0) is 7.05 Å². The molecule has 7 nitrogen and oxygen atoms in total. The van der Waals surface area contributed by atoms with Gasteiger partial charge in [0.25, 0.3) is 5.91 Å². The first-order chi connectivity index (χ1) is 9.93. The quantitative estimate of drug-likeness (QED) is 0.342. The molecule has 4 N–H and O–H groups in total. The Balaban J connectivity index is 2.36. The van der Waals surface area contributed by atoms with Gasteiger partial charge in [-0.1, -0.05) is 11.2 Å². The molecule has 0 unspecified atom stereocenters. The summed E-state index contributed by atoms with van der Waals surface area (Å²) in [5.74, 6) is -0.955. The minimum atomic E-state index is -0.511. The van der Waals surface area contributed by atoms with Gasteiger partial charge >= 0.3 is 0 Å². The summed E-state index contributed by atoms with van der Waals surface area (Å²) in [6.07, 6.45) is 1.35. The number of carbonyl (C=O) groups excluding carboxylic acids is 1. The van der Waals surface area contributed by atoms with Crippen LogP contribution in [0.4, 0.5) is 10.2 Å². The number of halogens is 1. The van der Waals surface area contributed by atoms with Crippen molar-refractivity contribution in [1.29, 1.82) is 0 Å². The van der Waals surface area contributed by atoms with E-state index < -0.39 is 11.7 Å². The second-order valence-electron chi connectivity index (χ2n) is 4.43. The number of oxime groups is 1. The van der Waals surface area contributed by atoms with Crippen molar-refractivity contribution in [2.45, 2.75) is 6.92 Å². The molecule has 0 aliphatic carbocycles. The van der Waals surface area contributed by atoms with Gasteiger partial charge in [0.05, 0.1) is 11.8 Å². The summed E-state index contributed by atoms with van der Waals surface area (Å²) in [4.78, 5) is 12.2. The SMILES string of the molecule is Cc1ccc(F)cc1C(=O)Nc1c(C(N)=NO)cnn1C. The van der Waals surface area contributed by atoms with Gasteiger partial charge in [-0.3, -0.25) is 9.48 Å². The molecule has 2 rings (SSSR count). The Morgan fingerprint density at radius 1 is 1.48 bits per heavy atom. The number of benzene rings is 1. The van der Waals surface area contributed by atoms with Crippen molar-refractivity contribution in [2.75, 3.05) is 5.32 Å². The number of aryl methyl sites for hydroxylation is 2. The second-order valence-corrected chi connectivity index (χ2v) is 4.43. The minimum absolute atomic E-state index is 0.186. The molecule has 1 heterocycles. The van der Waals surface area contributed by atoms with Crippen LogP contribution >= 0.6 is 0 Å². The number of rotatable bonds is 3. The number of carbonyl (C=O) groups is 1. The Hall–Kier alpha value is -2.90. The molecule has 1 aromatic carbocycles. The van der Waals surface area contributed by atoms with Gasteiger partial charge in [-0.15, -0.1) is 0 Å². The molecule has 0 aliphatic heterocycles. The smallest absolute Gasteiger partial charge is 0.257 e. The van der Waals surface area contributed by atoms with E-state index >= 15 is 0 Å². The van der Waals surface area contributed by atoms with Crippen LogP contribution in [0.15, 0.2) is 29.6 Å². The number of nitrogens with one attached hydrogen (secondary N) is 1. The maximum absolute atomic E-state index is 13.3. The zero-order valence-corrected chi connectivity index (χ0v) is 11.5. The number of hydrogen-bond acceptors (Lipinski definition) is 4. The van der Waals surface area contributed by atoms with Crippen molar-refractivity contribution >= 4 is 17.6 Å². The van der Waals surface area contributed by atoms with E-state index in [9.17, 15) is 9.18 Å². The highest BCUT2D eigenvalue weighted by molar-refractivity contribution is 6.09. The number of hydrogen-bond donors (Lipinski definition) is 3. The average molecular weight is 291 g/mol. The molecule has 8 heteroatoms. The summed E-state index contributed by atoms with van der Waals surface area (Å²) >= 11 is 0. The molecule has 0 atom stereocenters. The molecular formula is C13H14FN5O2. The minimum Gasteiger partial charge on any atom is -0.409 e. The van der Waals surface area contributed by atoms with Crippen molar-refractivity contribution in [2.24, 2.45) is 17.9 Å². The lowest BCUT2D eigenvalue weighted by Crippen LogP contribution is -2.20. The van der Waals surface area contributed by atoms with Gasteiger partial charge in [0, 0.05) is 12.6 Å². The van der Waals surface area contributed by atoms with Gasteiger partial charge in [-0.05, 0) is 24.6 Å². The molecule has 1 amide bonds. The monoisotopic (exact) mass is 291 g/mol. The average Bonchev–Trinajstić information content (AvgIpc) is 2.82. The summed E-state index contributed by atoms with van der Waals surface area (Å²) in [6.45, 7) is 1.70. The molecule has 21 heavy (non-hydrogen) atoms. The van der Waals surface area contributed by atoms with Crippen molar-refractivity contribution in [3.8, 4) is 0 Å². The molecule has 2 aromatic rings. The summed E-state index contributed by atoms with van der Waals surface area (Å²) in [7, 11) is 1.59. The van der Waals surface area contributed by atoms with Crippen LogP contribution in [0.2, 0.25) is 0 Å². The third-order valence-corrected chi connectivity index (χ3v) is 3.00. The van der Waals surface area contributed by atoms with Crippen LogP contribution in [0.25, 0.3) is 0 Å². The molecule has 1 aromatic heterocycles. The Morgan fingerprint density at radius 2 is 2.19 bits per heavy atom. The van der Waals surface area contributed by atoms with E-state index in [1.807, 2.05) is 0 Å². The summed E-state index contributed by atoms with van der Waals surface area (Å²) < 4.78 is 14.6. The van der Waals surface area contributed by atoms with E-state index in [0.717, 1.165) is 6.07 Å². The van der Waals surface area contributed by atoms with Gasteiger partial charge in [0.2, 0.25) is 0 Å². The fourth-order valence-electron chi connectivity index (χ4n) is 1.84. The van der Waals surface area contributed by atoms with Gasteiger partial charge in [0.15, 0.2) is 5.84 Å². The van der Waals surface area contributed by atoms with Gasteiger partial charge in [-0.25, -0.2) is 4.39 Å². The van der Waals surface area contributed by atoms with E-state index in [4.69, 9.17) is 10.9 Å². The van der Waals surface area contributed by atoms with E-state index in [2.05, 4.69) is 15.6 Å². The standard InChI is InChI=1S/C13H14FN5O2/c1-7-3-4-8(14)5-9(7)13(20)17-12-10(11(15)18-21)6-16-19(12)2/h3-6,21H,1-2H3,(H2,15,18)(H,17,20). The molecule has 0 aliphatic rings. The highest BCUT2D eigenvalue weighted by atomic mass is 19.1. The zero-order valence-electron chi connectivity index (χ0n) is 11.5. The van der Waals surface area contributed by atoms with Crippen molar-refractivity contribution < 1.29 is 14.4 Å². The number of aromatic nitrogens is 2. The van der Waals surface area contributed by atoms with E-state index in [0.29, 0.717) is 5.56 Å². The number of amidine groups is 1. The van der Waals surface area contributed by atoms with Gasteiger partial charge in [-0.2, -0.15) is 5.10 Å². The van der Waals surface area contributed by atoms with E-state index in [1.54, 1.807) is 14.0 Å². The van der Waals surface area contributed by atoms with E-state index in [-0.39, 0.29) is 22.8 Å². The number of amides is 1. The van der Waals surface area contributed by atoms with Crippen molar-refractivity contribution in [3.05, 3.63) is 46.9 Å². The maximum atomic E-state index is 13.3. The predicted molar refractivity (Wildman–Crippen MR) is 74.8 cm³/mol. The fourth-order valence-corrected chi connectivity index (χ4v) is 1.84. The highest BCUT2D eigenvalue weighted by Crippen LogP contribution is 2.17. The number of nitrogens with two attached hydrogens (primary N) is 1. The van der Waals surface area contributed by atoms with Crippen molar-refractivity contribution in [1.82, 2.24) is 9.78 Å². The Morgan fingerprint density at radius 3 is 2.86 bits per heavy atom. The van der Waals surface area contributed by atoms with Gasteiger partial charge in [0.1, 0.15) is 11.6 Å². The lowest BCUT2D eigenvalue weighted by molar-refractivity contribution is 0.102. The Kier molecular flexibility index (Phi) is 3.88. The summed E-state index contributed by atoms with van der Waals surface area (Å²) in [6, 6.07) is 3.93. The summed E-state index contributed by atoms with van der Waals surface area (Å²) in [5.41, 5.74) is 6.60. The van der Waals surface area contributed by atoms with Crippen LogP contribution in [0.3, 0.4) is 0 Å². The largest absolute Gasteiger partial charge is 0.409 e. The normalized spacial score (nSPS) is 11.5. The van der Waals surface area contributed by atoms with Crippen LogP contribution in [0.5, 0.6) is 0 Å². The van der Waals surface area contributed by atoms with Crippen LogP contribution in [-0.4, -0.2) is 26.7 Å². The lowest BCUT2D eigenvalue weighted by Gasteiger charge is -2.09. The predicted octanol–water partition coefficient (Wildman–Crippen LogP) is 1.21. The van der Waals surface area contributed by atoms with Crippen LogP contribution in [0, 0.1) is 12.7 Å². The Bertz CT molecular complexity index is 723. The molecular weight excluding hydrogens is 277 g/mol. The molecule has 110 valence electrons. The molecule has 0 saturated heterocycles. The third-order valence-electron chi connectivity index (χ3n) is 3.00.